The monoisotopic (exact) mass is 502 g/mol. The van der Waals surface area contributed by atoms with Crippen LogP contribution in [0.1, 0.15) is 36.3 Å². The zero-order valence-electron chi connectivity index (χ0n) is 21.5. The molecule has 37 heavy (non-hydrogen) atoms. The lowest BCUT2D eigenvalue weighted by molar-refractivity contribution is 0.131. The molecule has 1 aromatic heterocycles. The molecule has 1 unspecified atom stereocenters. The number of amides is 2. The van der Waals surface area contributed by atoms with Gasteiger partial charge in [-0.25, -0.2) is 14.2 Å². The van der Waals surface area contributed by atoms with Gasteiger partial charge < -0.3 is 15.0 Å². The summed E-state index contributed by atoms with van der Waals surface area (Å²) in [5, 5.41) is 3.27. The zero-order valence-corrected chi connectivity index (χ0v) is 21.5. The number of urea groups is 1. The topological polar surface area (TPSA) is 76.5 Å². The molecule has 0 fully saturated rings. The highest BCUT2D eigenvalue weighted by molar-refractivity contribution is 5.89. The number of benzene rings is 3. The number of halogens is 1. The van der Waals surface area contributed by atoms with Crippen LogP contribution in [0.15, 0.2) is 71.5 Å². The second-order valence-corrected chi connectivity index (χ2v) is 8.95. The van der Waals surface area contributed by atoms with Crippen molar-refractivity contribution in [2.24, 2.45) is 0 Å². The third-order valence-electron chi connectivity index (χ3n) is 6.48. The van der Waals surface area contributed by atoms with Crippen LogP contribution < -0.4 is 10.9 Å². The Morgan fingerprint density at radius 2 is 1.86 bits per heavy atom. The molecular weight excluding hydrogens is 471 g/mol. The lowest BCUT2D eigenvalue weighted by atomic mass is 10.1. The van der Waals surface area contributed by atoms with E-state index in [2.05, 4.69) is 5.32 Å². The number of aryl methyl sites for hydroxylation is 2. The number of para-hydroxylation sites is 1. The number of methoxy groups -OCH3 is 1. The molecule has 0 saturated carbocycles. The van der Waals surface area contributed by atoms with Crippen molar-refractivity contribution in [1.82, 2.24) is 14.5 Å². The third kappa shape index (κ3) is 5.54. The van der Waals surface area contributed by atoms with E-state index in [1.54, 1.807) is 34.8 Å². The smallest absolute Gasteiger partial charge is 0.322 e. The number of carbonyl (C=O) groups is 1. The largest absolute Gasteiger partial charge is 0.383 e. The first kappa shape index (κ1) is 26.0. The summed E-state index contributed by atoms with van der Waals surface area (Å²) >= 11 is 0. The Bertz CT molecular complexity index is 1480. The highest BCUT2D eigenvalue weighted by Crippen LogP contribution is 2.27. The molecule has 1 N–H and O–H groups in total. The molecule has 4 rings (SSSR count). The number of hydrogen-bond acceptors (Lipinski definition) is 4. The minimum absolute atomic E-state index is 0.209. The zero-order chi connectivity index (χ0) is 26.5. The Morgan fingerprint density at radius 1 is 1.08 bits per heavy atom. The summed E-state index contributed by atoms with van der Waals surface area (Å²) in [5.74, 6) is -0.00648. The number of hydrogen-bond donors (Lipinski definition) is 1. The molecule has 1 heterocycles. The Morgan fingerprint density at radius 3 is 2.57 bits per heavy atom. The number of nitrogens with zero attached hydrogens (tertiary/aromatic N) is 3. The molecule has 1 atom stereocenters. The summed E-state index contributed by atoms with van der Waals surface area (Å²) < 4.78 is 20.7. The molecule has 0 aliphatic heterocycles. The van der Waals surface area contributed by atoms with E-state index in [4.69, 9.17) is 9.72 Å². The normalized spacial score (nSPS) is 11.9. The molecule has 3 aromatic carbocycles. The van der Waals surface area contributed by atoms with Crippen LogP contribution in [-0.2, 0) is 4.74 Å². The lowest BCUT2D eigenvalue weighted by Gasteiger charge is -2.32. The number of anilines is 1. The SMILES string of the molecule is CCC(c1nc2ccccc2c(=O)n1-c1ccc(C)c(C)c1)N(CCOC)C(=O)Nc1cccc(F)c1. The van der Waals surface area contributed by atoms with Gasteiger partial charge in [-0.05, 0) is 73.9 Å². The van der Waals surface area contributed by atoms with E-state index < -0.39 is 17.9 Å². The minimum atomic E-state index is -0.567. The fourth-order valence-electron chi connectivity index (χ4n) is 4.38. The molecule has 8 heteroatoms. The Labute approximate surface area is 215 Å². The van der Waals surface area contributed by atoms with Gasteiger partial charge in [0, 0.05) is 19.3 Å². The highest BCUT2D eigenvalue weighted by atomic mass is 19.1. The van der Waals surface area contributed by atoms with Crippen LogP contribution in [0.4, 0.5) is 14.9 Å². The van der Waals surface area contributed by atoms with Gasteiger partial charge in [0.1, 0.15) is 11.6 Å². The van der Waals surface area contributed by atoms with Crippen molar-refractivity contribution >= 4 is 22.6 Å². The van der Waals surface area contributed by atoms with Gasteiger partial charge in [-0.2, -0.15) is 0 Å². The molecule has 192 valence electrons. The second kappa shape index (κ2) is 11.3. The molecule has 2 amide bonds. The van der Waals surface area contributed by atoms with E-state index in [1.807, 2.05) is 51.1 Å². The van der Waals surface area contributed by atoms with Gasteiger partial charge in [-0.1, -0.05) is 31.2 Å². The lowest BCUT2D eigenvalue weighted by Crippen LogP contribution is -2.42. The Balaban J connectivity index is 1.88. The van der Waals surface area contributed by atoms with Crippen LogP contribution >= 0.6 is 0 Å². The third-order valence-corrected chi connectivity index (χ3v) is 6.48. The first-order valence-corrected chi connectivity index (χ1v) is 12.3. The maximum absolute atomic E-state index is 13.8. The Hall–Kier alpha value is -4.04. The quantitative estimate of drug-likeness (QED) is 0.332. The first-order chi connectivity index (χ1) is 17.8. The molecule has 0 aliphatic carbocycles. The molecule has 0 radical (unpaired) electrons. The number of aromatic nitrogens is 2. The van der Waals surface area contributed by atoms with Gasteiger partial charge in [0.2, 0.25) is 0 Å². The number of carbonyl (C=O) groups excluding carboxylic acids is 1. The highest BCUT2D eigenvalue weighted by Gasteiger charge is 2.29. The summed E-state index contributed by atoms with van der Waals surface area (Å²) in [6.07, 6.45) is 0.482. The van der Waals surface area contributed by atoms with Gasteiger partial charge in [-0.3, -0.25) is 9.36 Å². The maximum atomic E-state index is 13.8. The van der Waals surface area contributed by atoms with Crippen molar-refractivity contribution < 1.29 is 13.9 Å². The minimum Gasteiger partial charge on any atom is -0.383 e. The average molecular weight is 503 g/mol. The van der Waals surface area contributed by atoms with Gasteiger partial charge in [-0.15, -0.1) is 0 Å². The summed E-state index contributed by atoms with van der Waals surface area (Å²) in [6, 6.07) is 17.7. The van der Waals surface area contributed by atoms with Gasteiger partial charge >= 0.3 is 6.03 Å². The van der Waals surface area contributed by atoms with E-state index in [-0.39, 0.29) is 18.7 Å². The van der Waals surface area contributed by atoms with E-state index >= 15 is 0 Å². The summed E-state index contributed by atoms with van der Waals surface area (Å²) in [4.78, 5) is 33.9. The number of ether oxygens (including phenoxy) is 1. The standard InChI is InChI=1S/C29H31FN4O3/c1-5-26(33(15-16-37-4)29(36)31-22-10-8-9-21(30)18-22)27-32-25-12-7-6-11-24(25)28(35)34(27)23-14-13-19(2)20(3)17-23/h6-14,17-18,26H,5,15-16H2,1-4H3,(H,31,36). The van der Waals surface area contributed by atoms with Gasteiger partial charge in [0.25, 0.3) is 5.56 Å². The molecule has 7 nitrogen and oxygen atoms in total. The fourth-order valence-corrected chi connectivity index (χ4v) is 4.38. The van der Waals surface area contributed by atoms with Crippen molar-refractivity contribution in [2.75, 3.05) is 25.6 Å². The number of nitrogens with one attached hydrogen (secondary N) is 1. The first-order valence-electron chi connectivity index (χ1n) is 12.3. The van der Waals surface area contributed by atoms with Gasteiger partial charge in [0.15, 0.2) is 0 Å². The molecule has 4 aromatic rings. The average Bonchev–Trinajstić information content (AvgIpc) is 2.88. The van der Waals surface area contributed by atoms with E-state index in [0.717, 1.165) is 11.1 Å². The fraction of sp³-hybridized carbons (Fsp3) is 0.276. The van der Waals surface area contributed by atoms with E-state index in [9.17, 15) is 14.0 Å². The van der Waals surface area contributed by atoms with Crippen LogP contribution in [0.2, 0.25) is 0 Å². The molecule has 0 spiro atoms. The van der Waals surface area contributed by atoms with Gasteiger partial charge in [0.05, 0.1) is 29.2 Å². The number of rotatable bonds is 8. The predicted molar refractivity (Wildman–Crippen MR) is 144 cm³/mol. The number of fused-ring (bicyclic) bond motifs is 1. The molecule has 0 bridgehead atoms. The Kier molecular flexibility index (Phi) is 7.98. The van der Waals surface area contributed by atoms with Crippen LogP contribution in [0.3, 0.4) is 0 Å². The van der Waals surface area contributed by atoms with E-state index in [1.165, 1.54) is 18.2 Å². The van der Waals surface area contributed by atoms with Crippen molar-refractivity contribution in [3.8, 4) is 5.69 Å². The molecule has 0 aliphatic rings. The predicted octanol–water partition coefficient (Wildman–Crippen LogP) is 5.77. The van der Waals surface area contributed by atoms with Crippen LogP contribution in [-0.4, -0.2) is 40.7 Å². The van der Waals surface area contributed by atoms with Crippen molar-refractivity contribution in [1.29, 1.82) is 0 Å². The van der Waals surface area contributed by atoms with Crippen LogP contribution in [0.5, 0.6) is 0 Å². The van der Waals surface area contributed by atoms with Crippen molar-refractivity contribution in [2.45, 2.75) is 33.2 Å². The summed E-state index contributed by atoms with van der Waals surface area (Å²) in [7, 11) is 1.56. The summed E-state index contributed by atoms with van der Waals surface area (Å²) in [6.45, 7) is 6.46. The molecule has 0 saturated heterocycles. The van der Waals surface area contributed by atoms with Crippen molar-refractivity contribution in [3.05, 3.63) is 99.9 Å². The van der Waals surface area contributed by atoms with Crippen molar-refractivity contribution in [3.63, 3.8) is 0 Å². The second-order valence-electron chi connectivity index (χ2n) is 8.95. The molecular formula is C29H31FN4O3. The van der Waals surface area contributed by atoms with Crippen LogP contribution in [0, 0.1) is 19.7 Å². The maximum Gasteiger partial charge on any atom is 0.322 e. The summed E-state index contributed by atoms with van der Waals surface area (Å²) in [5.41, 5.74) is 3.50. The van der Waals surface area contributed by atoms with Crippen LogP contribution in [0.25, 0.3) is 16.6 Å². The van der Waals surface area contributed by atoms with E-state index in [0.29, 0.717) is 34.5 Å².